The predicted molar refractivity (Wildman–Crippen MR) is 102 cm³/mol. The molecule has 0 atom stereocenters. The van der Waals surface area contributed by atoms with E-state index in [9.17, 15) is 14.3 Å². The van der Waals surface area contributed by atoms with Gasteiger partial charge in [0.15, 0.2) is 0 Å². The summed E-state index contributed by atoms with van der Waals surface area (Å²) in [4.78, 5) is 12.0. The van der Waals surface area contributed by atoms with Crippen molar-refractivity contribution in [1.82, 2.24) is 10.2 Å². The number of aromatic carboxylic acids is 1. The van der Waals surface area contributed by atoms with E-state index in [-0.39, 0.29) is 17.4 Å². The zero-order chi connectivity index (χ0) is 19.8. The minimum absolute atomic E-state index is 0.00829. The summed E-state index contributed by atoms with van der Waals surface area (Å²) in [6.07, 6.45) is 3.26. The molecule has 0 bridgehead atoms. The molecule has 6 nitrogen and oxygen atoms in total. The molecule has 2 heterocycles. The molecule has 0 amide bonds. The Bertz CT molecular complexity index is 1150. The first kappa shape index (κ1) is 17.8. The molecule has 0 radical (unpaired) electrons. The van der Waals surface area contributed by atoms with Crippen LogP contribution >= 0.6 is 0 Å². The standard InChI is InChI=1S/C21H17FN2O4/c1-11(2)27-17-8-16-18(7-15(17)13-9-23-24-10-13)28-20(19(16)21(25)26)12-3-5-14(22)6-4-12/h3-11H,1-2H3,(H,23,24)(H,25,26). The number of fused-ring (bicyclic) bond motifs is 1. The second kappa shape index (κ2) is 6.84. The van der Waals surface area contributed by atoms with Gasteiger partial charge in [0.2, 0.25) is 0 Å². The Morgan fingerprint density at radius 1 is 1.21 bits per heavy atom. The summed E-state index contributed by atoms with van der Waals surface area (Å²) < 4.78 is 25.1. The molecule has 28 heavy (non-hydrogen) atoms. The van der Waals surface area contributed by atoms with Gasteiger partial charge in [0.05, 0.1) is 12.3 Å². The molecule has 0 aliphatic carbocycles. The van der Waals surface area contributed by atoms with Crippen LogP contribution in [0.3, 0.4) is 0 Å². The highest BCUT2D eigenvalue weighted by molar-refractivity contribution is 6.09. The van der Waals surface area contributed by atoms with Crippen LogP contribution in [0.1, 0.15) is 24.2 Å². The summed E-state index contributed by atoms with van der Waals surface area (Å²) in [6.45, 7) is 3.78. The Kier molecular flexibility index (Phi) is 4.35. The summed E-state index contributed by atoms with van der Waals surface area (Å²) in [5.74, 6) is -0.851. The topological polar surface area (TPSA) is 88.3 Å². The molecule has 0 fully saturated rings. The normalized spacial score (nSPS) is 11.3. The highest BCUT2D eigenvalue weighted by atomic mass is 19.1. The Morgan fingerprint density at radius 2 is 1.96 bits per heavy atom. The van der Waals surface area contributed by atoms with Gasteiger partial charge in [-0.25, -0.2) is 9.18 Å². The van der Waals surface area contributed by atoms with Crippen LogP contribution in [0.25, 0.3) is 33.4 Å². The minimum Gasteiger partial charge on any atom is -0.490 e. The van der Waals surface area contributed by atoms with Crippen molar-refractivity contribution < 1.29 is 23.4 Å². The lowest BCUT2D eigenvalue weighted by Gasteiger charge is -2.13. The number of aromatic amines is 1. The number of benzene rings is 2. The molecule has 0 aliphatic rings. The number of aromatic nitrogens is 2. The first-order chi connectivity index (χ1) is 13.4. The van der Waals surface area contributed by atoms with Crippen molar-refractivity contribution in [3.63, 3.8) is 0 Å². The lowest BCUT2D eigenvalue weighted by molar-refractivity contribution is 0.0699. The first-order valence-electron chi connectivity index (χ1n) is 8.69. The van der Waals surface area contributed by atoms with Gasteiger partial charge in [-0.05, 0) is 50.2 Å². The summed E-state index contributed by atoms with van der Waals surface area (Å²) in [5.41, 5.74) is 2.39. The number of carboxylic acids is 1. The van der Waals surface area contributed by atoms with Crippen molar-refractivity contribution in [2.45, 2.75) is 20.0 Å². The molecule has 2 aromatic carbocycles. The quantitative estimate of drug-likeness (QED) is 0.502. The van der Waals surface area contributed by atoms with Crippen molar-refractivity contribution in [2.24, 2.45) is 0 Å². The number of carboxylic acid groups (broad SMARTS) is 1. The Balaban J connectivity index is 1.99. The maximum absolute atomic E-state index is 13.3. The van der Waals surface area contributed by atoms with E-state index >= 15 is 0 Å². The molecule has 4 rings (SSSR count). The second-order valence-corrected chi connectivity index (χ2v) is 6.62. The number of hydrogen-bond acceptors (Lipinski definition) is 4. The van der Waals surface area contributed by atoms with E-state index in [2.05, 4.69) is 10.2 Å². The minimum atomic E-state index is -1.13. The molecule has 7 heteroatoms. The van der Waals surface area contributed by atoms with E-state index in [0.29, 0.717) is 22.3 Å². The van der Waals surface area contributed by atoms with E-state index in [1.54, 1.807) is 24.5 Å². The van der Waals surface area contributed by atoms with E-state index in [1.165, 1.54) is 24.3 Å². The molecule has 0 aliphatic heterocycles. The zero-order valence-corrected chi connectivity index (χ0v) is 15.2. The van der Waals surface area contributed by atoms with Crippen LogP contribution in [0.15, 0.2) is 53.2 Å². The third kappa shape index (κ3) is 3.11. The summed E-state index contributed by atoms with van der Waals surface area (Å²) in [6, 6.07) is 8.90. The fourth-order valence-corrected chi connectivity index (χ4v) is 3.12. The van der Waals surface area contributed by atoms with Gasteiger partial charge in [0.25, 0.3) is 0 Å². The van der Waals surface area contributed by atoms with Gasteiger partial charge in [-0.2, -0.15) is 5.10 Å². The number of H-pyrrole nitrogens is 1. The third-order valence-corrected chi connectivity index (χ3v) is 4.28. The molecule has 4 aromatic rings. The molecule has 0 unspecified atom stereocenters. The van der Waals surface area contributed by atoms with E-state index in [4.69, 9.17) is 9.15 Å². The number of halogens is 1. The smallest absolute Gasteiger partial charge is 0.340 e. The zero-order valence-electron chi connectivity index (χ0n) is 15.2. The first-order valence-corrected chi connectivity index (χ1v) is 8.69. The number of hydrogen-bond donors (Lipinski definition) is 2. The highest BCUT2D eigenvalue weighted by Crippen LogP contribution is 2.40. The van der Waals surface area contributed by atoms with Gasteiger partial charge in [-0.1, -0.05) is 0 Å². The highest BCUT2D eigenvalue weighted by Gasteiger charge is 2.24. The van der Waals surface area contributed by atoms with Gasteiger partial charge in [0.1, 0.15) is 28.5 Å². The van der Waals surface area contributed by atoms with Gasteiger partial charge in [-0.3, -0.25) is 5.10 Å². The van der Waals surface area contributed by atoms with Gasteiger partial charge < -0.3 is 14.3 Å². The van der Waals surface area contributed by atoms with Crippen molar-refractivity contribution in [1.29, 1.82) is 0 Å². The predicted octanol–water partition coefficient (Wildman–Crippen LogP) is 5.11. The monoisotopic (exact) mass is 380 g/mol. The fraction of sp³-hybridized carbons (Fsp3) is 0.143. The lowest BCUT2D eigenvalue weighted by Crippen LogP contribution is -2.06. The Morgan fingerprint density at radius 3 is 2.57 bits per heavy atom. The average molecular weight is 380 g/mol. The average Bonchev–Trinajstić information content (AvgIpc) is 3.28. The molecule has 0 saturated carbocycles. The van der Waals surface area contributed by atoms with Crippen LogP contribution in [0.4, 0.5) is 4.39 Å². The third-order valence-electron chi connectivity index (χ3n) is 4.28. The number of rotatable bonds is 5. The maximum Gasteiger partial charge on any atom is 0.340 e. The number of nitrogens with zero attached hydrogens (tertiary/aromatic N) is 1. The van der Waals surface area contributed by atoms with Crippen LogP contribution in [0.2, 0.25) is 0 Å². The van der Waals surface area contributed by atoms with Crippen LogP contribution in [0, 0.1) is 5.82 Å². The van der Waals surface area contributed by atoms with Gasteiger partial charge in [-0.15, -0.1) is 0 Å². The molecule has 2 aromatic heterocycles. The molecule has 0 spiro atoms. The van der Waals surface area contributed by atoms with Gasteiger partial charge >= 0.3 is 5.97 Å². The van der Waals surface area contributed by atoms with E-state index < -0.39 is 11.8 Å². The molecular weight excluding hydrogens is 363 g/mol. The van der Waals surface area contributed by atoms with Crippen LogP contribution in [-0.4, -0.2) is 27.4 Å². The van der Waals surface area contributed by atoms with Crippen molar-refractivity contribution in [3.8, 4) is 28.2 Å². The van der Waals surface area contributed by atoms with Crippen LogP contribution in [0.5, 0.6) is 5.75 Å². The van der Waals surface area contributed by atoms with E-state index in [1.807, 2.05) is 13.8 Å². The van der Waals surface area contributed by atoms with Gasteiger partial charge in [0, 0.05) is 28.3 Å². The second-order valence-electron chi connectivity index (χ2n) is 6.62. The number of furan rings is 1. The summed E-state index contributed by atoms with van der Waals surface area (Å²) in [5, 5.41) is 16.9. The molecular formula is C21H17FN2O4. The number of ether oxygens (including phenoxy) is 1. The summed E-state index contributed by atoms with van der Waals surface area (Å²) in [7, 11) is 0. The van der Waals surface area contributed by atoms with E-state index in [0.717, 1.165) is 11.1 Å². The molecule has 2 N–H and O–H groups in total. The van der Waals surface area contributed by atoms with Crippen LogP contribution in [-0.2, 0) is 0 Å². The van der Waals surface area contributed by atoms with Crippen LogP contribution < -0.4 is 4.74 Å². The van der Waals surface area contributed by atoms with Crippen molar-refractivity contribution >= 4 is 16.9 Å². The Labute approximate surface area is 159 Å². The Hall–Kier alpha value is -3.61. The summed E-state index contributed by atoms with van der Waals surface area (Å²) >= 11 is 0. The number of nitrogens with one attached hydrogen (secondary N) is 1. The fourth-order valence-electron chi connectivity index (χ4n) is 3.12. The maximum atomic E-state index is 13.3. The molecule has 0 saturated heterocycles. The largest absolute Gasteiger partial charge is 0.490 e. The molecule has 142 valence electrons. The SMILES string of the molecule is CC(C)Oc1cc2c(C(=O)O)c(-c3ccc(F)cc3)oc2cc1-c1cn[nH]c1. The van der Waals surface area contributed by atoms with Crippen molar-refractivity contribution in [3.05, 3.63) is 60.2 Å². The number of carbonyl (C=O) groups is 1. The lowest BCUT2D eigenvalue weighted by atomic mass is 10.0. The van der Waals surface area contributed by atoms with Crippen molar-refractivity contribution in [2.75, 3.05) is 0 Å².